The SMILES string of the molecule is CC(C)S(=O)(=O)Cc1cn(C)c2cc(CN)ccc12. The molecule has 1 heterocycles. The van der Waals surface area contributed by atoms with E-state index in [2.05, 4.69) is 0 Å². The summed E-state index contributed by atoms with van der Waals surface area (Å²) in [5, 5.41) is 0.634. The average Bonchev–Trinajstić information content (AvgIpc) is 2.65. The molecule has 5 heteroatoms. The minimum Gasteiger partial charge on any atom is -0.350 e. The van der Waals surface area contributed by atoms with Crippen LogP contribution in [0.5, 0.6) is 0 Å². The number of hydrogen-bond acceptors (Lipinski definition) is 3. The summed E-state index contributed by atoms with van der Waals surface area (Å²) in [6.45, 7) is 3.92. The molecule has 0 saturated carbocycles. The van der Waals surface area contributed by atoms with Crippen molar-refractivity contribution in [1.29, 1.82) is 0 Å². The number of aromatic nitrogens is 1. The summed E-state index contributed by atoms with van der Waals surface area (Å²) >= 11 is 0. The molecule has 19 heavy (non-hydrogen) atoms. The summed E-state index contributed by atoms with van der Waals surface area (Å²) in [5.74, 6) is 0.0873. The van der Waals surface area contributed by atoms with Crippen molar-refractivity contribution in [2.24, 2.45) is 12.8 Å². The first-order valence-electron chi connectivity index (χ1n) is 6.33. The lowest BCUT2D eigenvalue weighted by Gasteiger charge is -2.06. The Bertz CT molecular complexity index is 700. The predicted molar refractivity (Wildman–Crippen MR) is 78.6 cm³/mol. The van der Waals surface area contributed by atoms with E-state index in [1.807, 2.05) is 36.0 Å². The van der Waals surface area contributed by atoms with Crippen molar-refractivity contribution in [2.45, 2.75) is 31.4 Å². The quantitative estimate of drug-likeness (QED) is 0.931. The van der Waals surface area contributed by atoms with E-state index in [1.165, 1.54) is 0 Å². The van der Waals surface area contributed by atoms with Crippen molar-refractivity contribution in [3.8, 4) is 0 Å². The molecule has 0 fully saturated rings. The molecule has 2 N–H and O–H groups in total. The van der Waals surface area contributed by atoms with Crippen molar-refractivity contribution in [3.05, 3.63) is 35.5 Å². The molecule has 0 amide bonds. The highest BCUT2D eigenvalue weighted by molar-refractivity contribution is 7.91. The van der Waals surface area contributed by atoms with Gasteiger partial charge in [0, 0.05) is 30.7 Å². The lowest BCUT2D eigenvalue weighted by molar-refractivity contribution is 0.586. The van der Waals surface area contributed by atoms with Crippen LogP contribution in [0.25, 0.3) is 10.9 Å². The van der Waals surface area contributed by atoms with Gasteiger partial charge in [-0.15, -0.1) is 0 Å². The van der Waals surface area contributed by atoms with Crippen molar-refractivity contribution in [1.82, 2.24) is 4.57 Å². The van der Waals surface area contributed by atoms with Gasteiger partial charge in [0.25, 0.3) is 0 Å². The predicted octanol–water partition coefficient (Wildman–Crippen LogP) is 1.96. The highest BCUT2D eigenvalue weighted by atomic mass is 32.2. The van der Waals surface area contributed by atoms with Gasteiger partial charge in [0.2, 0.25) is 0 Å². The van der Waals surface area contributed by atoms with Crippen LogP contribution >= 0.6 is 0 Å². The Morgan fingerprint density at radius 3 is 2.58 bits per heavy atom. The first-order valence-corrected chi connectivity index (χ1v) is 8.05. The molecule has 2 aromatic rings. The fourth-order valence-electron chi connectivity index (χ4n) is 2.14. The number of fused-ring (bicyclic) bond motifs is 1. The van der Waals surface area contributed by atoms with Crippen LogP contribution in [0.2, 0.25) is 0 Å². The maximum absolute atomic E-state index is 12.0. The van der Waals surface area contributed by atoms with E-state index in [0.29, 0.717) is 6.54 Å². The second kappa shape index (κ2) is 4.98. The third-order valence-electron chi connectivity index (χ3n) is 3.45. The van der Waals surface area contributed by atoms with Crippen molar-refractivity contribution < 1.29 is 8.42 Å². The molecule has 1 aromatic carbocycles. The van der Waals surface area contributed by atoms with E-state index in [9.17, 15) is 8.42 Å². The van der Waals surface area contributed by atoms with Gasteiger partial charge in [-0.25, -0.2) is 8.42 Å². The highest BCUT2D eigenvalue weighted by Crippen LogP contribution is 2.24. The molecule has 0 saturated heterocycles. The smallest absolute Gasteiger partial charge is 0.156 e. The van der Waals surface area contributed by atoms with Crippen LogP contribution in [-0.2, 0) is 29.2 Å². The Morgan fingerprint density at radius 1 is 1.32 bits per heavy atom. The Morgan fingerprint density at radius 2 is 2.00 bits per heavy atom. The number of nitrogens with two attached hydrogens (primary N) is 1. The van der Waals surface area contributed by atoms with Gasteiger partial charge >= 0.3 is 0 Å². The number of benzene rings is 1. The van der Waals surface area contributed by atoms with Crippen LogP contribution in [-0.4, -0.2) is 18.2 Å². The number of rotatable bonds is 4. The molecule has 0 spiro atoms. The normalized spacial score (nSPS) is 12.5. The first kappa shape index (κ1) is 14.1. The van der Waals surface area contributed by atoms with E-state index in [0.717, 1.165) is 22.0 Å². The third-order valence-corrected chi connectivity index (χ3v) is 5.60. The van der Waals surface area contributed by atoms with Gasteiger partial charge in [-0.2, -0.15) is 0 Å². The van der Waals surface area contributed by atoms with Crippen LogP contribution in [0, 0.1) is 0 Å². The minimum absolute atomic E-state index is 0.0873. The van der Waals surface area contributed by atoms with Crippen LogP contribution in [0.1, 0.15) is 25.0 Å². The third kappa shape index (κ3) is 2.67. The molecule has 0 atom stereocenters. The number of sulfone groups is 1. The van der Waals surface area contributed by atoms with E-state index in [4.69, 9.17) is 5.73 Å². The second-order valence-electron chi connectivity index (χ2n) is 5.18. The number of aryl methyl sites for hydroxylation is 1. The van der Waals surface area contributed by atoms with Crippen LogP contribution in [0.4, 0.5) is 0 Å². The maximum atomic E-state index is 12.0. The summed E-state index contributed by atoms with van der Waals surface area (Å²) in [6.07, 6.45) is 1.89. The zero-order valence-corrected chi connectivity index (χ0v) is 12.4. The molecular weight excluding hydrogens is 260 g/mol. The van der Waals surface area contributed by atoms with E-state index in [1.54, 1.807) is 13.8 Å². The van der Waals surface area contributed by atoms with Crippen LogP contribution in [0.3, 0.4) is 0 Å². The molecule has 1 aromatic heterocycles. The lowest BCUT2D eigenvalue weighted by atomic mass is 10.1. The lowest BCUT2D eigenvalue weighted by Crippen LogP contribution is -2.15. The number of nitrogens with zero attached hydrogens (tertiary/aromatic N) is 1. The van der Waals surface area contributed by atoms with Gasteiger partial charge in [-0.1, -0.05) is 12.1 Å². The summed E-state index contributed by atoms with van der Waals surface area (Å²) in [4.78, 5) is 0. The first-order chi connectivity index (χ1) is 8.85. The van der Waals surface area contributed by atoms with Gasteiger partial charge < -0.3 is 10.3 Å². The minimum atomic E-state index is -3.08. The zero-order valence-electron chi connectivity index (χ0n) is 11.6. The highest BCUT2D eigenvalue weighted by Gasteiger charge is 2.19. The zero-order chi connectivity index (χ0) is 14.2. The Hall–Kier alpha value is -1.33. The largest absolute Gasteiger partial charge is 0.350 e. The van der Waals surface area contributed by atoms with Crippen LogP contribution in [0.15, 0.2) is 24.4 Å². The van der Waals surface area contributed by atoms with E-state index < -0.39 is 9.84 Å². The molecule has 4 nitrogen and oxygen atoms in total. The van der Waals surface area contributed by atoms with Crippen LogP contribution < -0.4 is 5.73 Å². The van der Waals surface area contributed by atoms with Crippen molar-refractivity contribution in [2.75, 3.05) is 0 Å². The maximum Gasteiger partial charge on any atom is 0.156 e. The Balaban J connectivity index is 2.52. The Kier molecular flexibility index (Phi) is 3.69. The van der Waals surface area contributed by atoms with Gasteiger partial charge in [0.05, 0.1) is 11.0 Å². The monoisotopic (exact) mass is 280 g/mol. The molecule has 104 valence electrons. The summed E-state index contributed by atoms with van der Waals surface area (Å²) in [5.41, 5.74) is 8.56. The fourth-order valence-corrected chi connectivity index (χ4v) is 3.14. The molecule has 0 aliphatic carbocycles. The van der Waals surface area contributed by atoms with Gasteiger partial charge in [-0.05, 0) is 31.0 Å². The molecule has 0 aliphatic rings. The average molecular weight is 280 g/mol. The standard InChI is InChI=1S/C14H20N2O2S/c1-10(2)19(17,18)9-12-8-16(3)14-6-11(7-15)4-5-13(12)14/h4-6,8,10H,7,9,15H2,1-3H3. The van der Waals surface area contributed by atoms with Gasteiger partial charge in [0.1, 0.15) is 0 Å². The van der Waals surface area contributed by atoms with Gasteiger partial charge in [0.15, 0.2) is 9.84 Å². The van der Waals surface area contributed by atoms with E-state index >= 15 is 0 Å². The van der Waals surface area contributed by atoms with E-state index in [-0.39, 0.29) is 11.0 Å². The van der Waals surface area contributed by atoms with Crippen molar-refractivity contribution in [3.63, 3.8) is 0 Å². The van der Waals surface area contributed by atoms with Crippen molar-refractivity contribution >= 4 is 20.7 Å². The molecule has 0 aliphatic heterocycles. The molecule has 2 rings (SSSR count). The molecule has 0 radical (unpaired) electrons. The second-order valence-corrected chi connectivity index (χ2v) is 7.73. The fraction of sp³-hybridized carbons (Fsp3) is 0.429. The molecule has 0 unspecified atom stereocenters. The summed E-state index contributed by atoms with van der Waals surface area (Å²) in [7, 11) is -1.16. The topological polar surface area (TPSA) is 65.1 Å². The Labute approximate surface area is 114 Å². The summed E-state index contributed by atoms with van der Waals surface area (Å²) in [6, 6.07) is 5.93. The van der Waals surface area contributed by atoms with Gasteiger partial charge in [-0.3, -0.25) is 0 Å². The molecular formula is C14H20N2O2S. The number of hydrogen-bond donors (Lipinski definition) is 1. The molecule has 0 bridgehead atoms. The summed E-state index contributed by atoms with van der Waals surface area (Å²) < 4.78 is 26.1.